The first-order chi connectivity index (χ1) is 7.99. The lowest BCUT2D eigenvalue weighted by molar-refractivity contribution is -0.138. The fourth-order valence-corrected chi connectivity index (χ4v) is 1.30. The molecule has 0 fully saturated rings. The fraction of sp³-hybridized carbons (Fsp3) is 0.273. The molecule has 0 saturated heterocycles. The predicted molar refractivity (Wildman–Crippen MR) is 65.3 cm³/mol. The third-order valence-electron chi connectivity index (χ3n) is 2.24. The van der Waals surface area contributed by atoms with Crippen LogP contribution in [0.15, 0.2) is 29.3 Å². The summed E-state index contributed by atoms with van der Waals surface area (Å²) in [6.45, 7) is 0.410. The van der Waals surface area contributed by atoms with E-state index in [1.165, 1.54) is 0 Å². The van der Waals surface area contributed by atoms with Gasteiger partial charge in [-0.2, -0.15) is 0 Å². The third kappa shape index (κ3) is 4.52. The van der Waals surface area contributed by atoms with Crippen molar-refractivity contribution in [3.63, 3.8) is 0 Å². The van der Waals surface area contributed by atoms with E-state index in [9.17, 15) is 4.79 Å². The topological polar surface area (TPSA) is 128 Å². The Morgan fingerprint density at radius 3 is 2.24 bits per heavy atom. The molecule has 0 amide bonds. The number of guanidine groups is 1. The van der Waals surface area contributed by atoms with E-state index < -0.39 is 12.0 Å². The minimum atomic E-state index is -1.01. The molecule has 1 aromatic carbocycles. The van der Waals surface area contributed by atoms with E-state index in [1.54, 1.807) is 0 Å². The maximum Gasteiger partial charge on any atom is 0.320 e. The standard InChI is InChI=1S/C11H16N4O2/c12-9(10(16)17)5-7-1-3-8(4-2-7)6-15-11(13)14/h1-4,9H,5-6,12H2,(H,16,17)(H4,13,14,15)/t9-/m0/s1. The van der Waals surface area contributed by atoms with Gasteiger partial charge in [-0.3, -0.25) is 4.79 Å². The molecule has 17 heavy (non-hydrogen) atoms. The Morgan fingerprint density at radius 2 is 1.76 bits per heavy atom. The SMILES string of the molecule is NC(N)=NCc1ccc(C[C@H](N)C(=O)O)cc1. The van der Waals surface area contributed by atoms with Crippen LogP contribution in [-0.2, 0) is 17.8 Å². The first-order valence-corrected chi connectivity index (χ1v) is 5.10. The second-order valence-electron chi connectivity index (χ2n) is 3.71. The van der Waals surface area contributed by atoms with E-state index in [-0.39, 0.29) is 5.96 Å². The number of hydrogen-bond acceptors (Lipinski definition) is 3. The van der Waals surface area contributed by atoms with Crippen LogP contribution < -0.4 is 17.2 Å². The molecular weight excluding hydrogens is 220 g/mol. The van der Waals surface area contributed by atoms with Gasteiger partial charge in [-0.05, 0) is 17.5 Å². The van der Waals surface area contributed by atoms with Crippen LogP contribution in [-0.4, -0.2) is 23.1 Å². The van der Waals surface area contributed by atoms with Crippen LogP contribution in [0.25, 0.3) is 0 Å². The van der Waals surface area contributed by atoms with Crippen molar-refractivity contribution in [1.82, 2.24) is 0 Å². The number of rotatable bonds is 5. The van der Waals surface area contributed by atoms with Gasteiger partial charge in [0.25, 0.3) is 0 Å². The lowest BCUT2D eigenvalue weighted by Crippen LogP contribution is -2.32. The molecule has 0 unspecified atom stereocenters. The van der Waals surface area contributed by atoms with Crippen molar-refractivity contribution in [2.24, 2.45) is 22.2 Å². The van der Waals surface area contributed by atoms with Gasteiger partial charge in [-0.1, -0.05) is 24.3 Å². The molecule has 1 aromatic rings. The highest BCUT2D eigenvalue weighted by atomic mass is 16.4. The number of hydrogen-bond donors (Lipinski definition) is 4. The summed E-state index contributed by atoms with van der Waals surface area (Å²) in [6, 6.07) is 6.45. The van der Waals surface area contributed by atoms with Crippen molar-refractivity contribution in [3.8, 4) is 0 Å². The highest BCUT2D eigenvalue weighted by Crippen LogP contribution is 2.07. The van der Waals surface area contributed by atoms with E-state index >= 15 is 0 Å². The Labute approximate surface area is 99.1 Å². The van der Waals surface area contributed by atoms with Gasteiger partial charge < -0.3 is 22.3 Å². The third-order valence-corrected chi connectivity index (χ3v) is 2.24. The molecule has 0 radical (unpaired) electrons. The quantitative estimate of drug-likeness (QED) is 0.401. The number of nitrogens with two attached hydrogens (primary N) is 3. The molecule has 0 heterocycles. The second kappa shape index (κ2) is 5.86. The molecule has 0 bridgehead atoms. The average Bonchev–Trinajstić information content (AvgIpc) is 2.28. The van der Waals surface area contributed by atoms with Gasteiger partial charge in [0.2, 0.25) is 0 Å². The molecule has 7 N–H and O–H groups in total. The summed E-state index contributed by atoms with van der Waals surface area (Å²) >= 11 is 0. The predicted octanol–water partition coefficient (Wildman–Crippen LogP) is -0.586. The number of benzene rings is 1. The summed E-state index contributed by atoms with van der Waals surface area (Å²) in [4.78, 5) is 14.4. The zero-order chi connectivity index (χ0) is 12.8. The Morgan fingerprint density at radius 1 is 1.24 bits per heavy atom. The maximum absolute atomic E-state index is 10.6. The molecule has 1 rings (SSSR count). The summed E-state index contributed by atoms with van der Waals surface area (Å²) in [5.74, 6) is -0.962. The Hall–Kier alpha value is -2.08. The van der Waals surface area contributed by atoms with Gasteiger partial charge in [0.05, 0.1) is 6.54 Å². The van der Waals surface area contributed by atoms with Gasteiger partial charge in [0.15, 0.2) is 5.96 Å². The van der Waals surface area contributed by atoms with E-state index in [0.717, 1.165) is 11.1 Å². The summed E-state index contributed by atoms with van der Waals surface area (Å²) in [5.41, 5.74) is 17.7. The average molecular weight is 236 g/mol. The van der Waals surface area contributed by atoms with Gasteiger partial charge >= 0.3 is 5.97 Å². The molecule has 0 aliphatic rings. The minimum absolute atomic E-state index is 0.0435. The first-order valence-electron chi connectivity index (χ1n) is 5.10. The van der Waals surface area contributed by atoms with Crippen molar-refractivity contribution in [2.75, 3.05) is 0 Å². The largest absolute Gasteiger partial charge is 0.480 e. The minimum Gasteiger partial charge on any atom is -0.480 e. The van der Waals surface area contributed by atoms with E-state index in [0.29, 0.717) is 13.0 Å². The van der Waals surface area contributed by atoms with Gasteiger partial charge in [0, 0.05) is 0 Å². The molecule has 0 spiro atoms. The molecule has 0 aliphatic heterocycles. The number of aliphatic imine (C=N–C) groups is 1. The highest BCUT2D eigenvalue weighted by molar-refractivity contribution is 5.75. The zero-order valence-corrected chi connectivity index (χ0v) is 9.34. The second-order valence-corrected chi connectivity index (χ2v) is 3.71. The van der Waals surface area contributed by atoms with Crippen LogP contribution in [0.5, 0.6) is 0 Å². The first kappa shape index (κ1) is 13.0. The van der Waals surface area contributed by atoms with Crippen molar-refractivity contribution < 1.29 is 9.90 Å². The number of nitrogens with zero attached hydrogens (tertiary/aromatic N) is 1. The van der Waals surface area contributed by atoms with Crippen LogP contribution in [0.3, 0.4) is 0 Å². The summed E-state index contributed by atoms with van der Waals surface area (Å²) in [7, 11) is 0. The maximum atomic E-state index is 10.6. The van der Waals surface area contributed by atoms with Gasteiger partial charge in [-0.15, -0.1) is 0 Å². The number of aliphatic carboxylic acids is 1. The van der Waals surface area contributed by atoms with Crippen molar-refractivity contribution in [3.05, 3.63) is 35.4 Å². The van der Waals surface area contributed by atoms with Crippen LogP contribution in [0.2, 0.25) is 0 Å². The lowest BCUT2D eigenvalue weighted by Gasteiger charge is -2.06. The van der Waals surface area contributed by atoms with Crippen LogP contribution >= 0.6 is 0 Å². The van der Waals surface area contributed by atoms with Gasteiger partial charge in [0.1, 0.15) is 6.04 Å². The fourth-order valence-electron chi connectivity index (χ4n) is 1.30. The molecule has 92 valence electrons. The van der Waals surface area contributed by atoms with Gasteiger partial charge in [-0.25, -0.2) is 4.99 Å². The van der Waals surface area contributed by atoms with E-state index in [4.69, 9.17) is 22.3 Å². The normalized spacial score (nSPS) is 11.8. The molecular formula is C11H16N4O2. The summed E-state index contributed by atoms with van der Waals surface area (Å²) in [5, 5.41) is 8.67. The van der Waals surface area contributed by atoms with Crippen molar-refractivity contribution >= 4 is 11.9 Å². The van der Waals surface area contributed by atoms with Crippen molar-refractivity contribution in [2.45, 2.75) is 19.0 Å². The number of carboxylic acids is 1. The summed E-state index contributed by atoms with van der Waals surface area (Å²) in [6.07, 6.45) is 0.303. The Balaban J connectivity index is 2.62. The van der Waals surface area contributed by atoms with E-state index in [1.807, 2.05) is 24.3 Å². The molecule has 0 aromatic heterocycles. The Bertz CT molecular complexity index is 410. The van der Waals surface area contributed by atoms with E-state index in [2.05, 4.69) is 4.99 Å². The number of carbonyl (C=O) groups is 1. The van der Waals surface area contributed by atoms with Crippen LogP contribution in [0.1, 0.15) is 11.1 Å². The number of carboxylic acid groups (broad SMARTS) is 1. The molecule has 6 heteroatoms. The van der Waals surface area contributed by atoms with Crippen LogP contribution in [0.4, 0.5) is 0 Å². The smallest absolute Gasteiger partial charge is 0.320 e. The van der Waals surface area contributed by atoms with Crippen LogP contribution in [0, 0.1) is 0 Å². The van der Waals surface area contributed by atoms with Crippen molar-refractivity contribution in [1.29, 1.82) is 0 Å². The molecule has 1 atom stereocenters. The Kier molecular flexibility index (Phi) is 4.47. The monoisotopic (exact) mass is 236 g/mol. The zero-order valence-electron chi connectivity index (χ0n) is 9.34. The molecule has 0 saturated carbocycles. The summed E-state index contributed by atoms with van der Waals surface area (Å²) < 4.78 is 0. The molecule has 0 aliphatic carbocycles. The lowest BCUT2D eigenvalue weighted by atomic mass is 10.0. The molecule has 6 nitrogen and oxygen atoms in total. The highest BCUT2D eigenvalue weighted by Gasteiger charge is 2.11.